The summed E-state index contributed by atoms with van der Waals surface area (Å²) in [6.07, 6.45) is 1.02. The Balaban J connectivity index is 2.96. The van der Waals surface area contributed by atoms with E-state index in [0.717, 1.165) is 19.5 Å². The van der Waals surface area contributed by atoms with Crippen molar-refractivity contribution in [2.24, 2.45) is 0 Å². The van der Waals surface area contributed by atoms with Crippen LogP contribution in [0.1, 0.15) is 24.9 Å². The molecular weight excluding hydrogens is 231 g/mol. The highest BCUT2D eigenvalue weighted by atomic mass is 19.1. The van der Waals surface area contributed by atoms with Gasteiger partial charge in [-0.15, -0.1) is 0 Å². The van der Waals surface area contributed by atoms with Crippen LogP contribution in [0, 0.1) is 5.82 Å². The van der Waals surface area contributed by atoms with Crippen molar-refractivity contribution in [3.05, 3.63) is 29.6 Å². The molecule has 1 unspecified atom stereocenters. The molecule has 0 radical (unpaired) electrons. The molecule has 0 saturated heterocycles. The van der Waals surface area contributed by atoms with Crippen molar-refractivity contribution in [3.63, 3.8) is 0 Å². The van der Waals surface area contributed by atoms with Gasteiger partial charge in [0.25, 0.3) is 0 Å². The van der Waals surface area contributed by atoms with E-state index in [2.05, 4.69) is 12.2 Å². The van der Waals surface area contributed by atoms with E-state index in [4.69, 9.17) is 4.74 Å². The van der Waals surface area contributed by atoms with Crippen LogP contribution in [0.5, 0.6) is 5.75 Å². The molecule has 0 fully saturated rings. The van der Waals surface area contributed by atoms with Gasteiger partial charge in [0.15, 0.2) is 11.6 Å². The van der Waals surface area contributed by atoms with Crippen molar-refractivity contribution in [3.8, 4) is 5.75 Å². The molecule has 0 spiro atoms. The molecular formula is C14H23FN2O. The summed E-state index contributed by atoms with van der Waals surface area (Å²) in [6.45, 7) is 3.72. The second kappa shape index (κ2) is 7.34. The second-order valence-corrected chi connectivity index (χ2v) is 4.63. The molecule has 4 heteroatoms. The number of halogens is 1. The fraction of sp³-hybridized carbons (Fsp3) is 0.571. The van der Waals surface area contributed by atoms with E-state index in [-0.39, 0.29) is 11.9 Å². The Morgan fingerprint density at radius 1 is 1.39 bits per heavy atom. The first-order valence-corrected chi connectivity index (χ1v) is 6.30. The Morgan fingerprint density at radius 2 is 2.11 bits per heavy atom. The smallest absolute Gasteiger partial charge is 0.169 e. The fourth-order valence-corrected chi connectivity index (χ4v) is 1.91. The van der Waals surface area contributed by atoms with E-state index >= 15 is 0 Å². The van der Waals surface area contributed by atoms with Crippen molar-refractivity contribution < 1.29 is 9.13 Å². The lowest BCUT2D eigenvalue weighted by Gasteiger charge is -2.23. The van der Waals surface area contributed by atoms with Gasteiger partial charge in [-0.2, -0.15) is 0 Å². The first-order chi connectivity index (χ1) is 8.60. The lowest BCUT2D eigenvalue weighted by atomic mass is 10.0. The highest BCUT2D eigenvalue weighted by Crippen LogP contribution is 2.25. The molecule has 0 heterocycles. The number of methoxy groups -OCH3 is 1. The van der Waals surface area contributed by atoms with Crippen molar-refractivity contribution in [2.75, 3.05) is 34.3 Å². The highest BCUT2D eigenvalue weighted by Gasteiger charge is 2.18. The Hall–Kier alpha value is -1.13. The topological polar surface area (TPSA) is 24.5 Å². The van der Waals surface area contributed by atoms with E-state index in [0.29, 0.717) is 11.3 Å². The zero-order valence-electron chi connectivity index (χ0n) is 11.7. The summed E-state index contributed by atoms with van der Waals surface area (Å²) in [5.74, 6) is 0.0324. The van der Waals surface area contributed by atoms with Gasteiger partial charge in [-0.05, 0) is 33.1 Å². The van der Waals surface area contributed by atoms with Gasteiger partial charge < -0.3 is 15.0 Å². The number of nitrogens with zero attached hydrogens (tertiary/aromatic N) is 1. The minimum absolute atomic E-state index is 0.0185. The van der Waals surface area contributed by atoms with Gasteiger partial charge in [-0.1, -0.05) is 19.1 Å². The summed E-state index contributed by atoms with van der Waals surface area (Å²) in [7, 11) is 5.46. The predicted octanol–water partition coefficient (Wildman–Crippen LogP) is 2.44. The third-order valence-electron chi connectivity index (χ3n) is 2.78. The van der Waals surface area contributed by atoms with Crippen LogP contribution in [-0.2, 0) is 0 Å². The lowest BCUT2D eigenvalue weighted by Crippen LogP contribution is -2.32. The molecule has 18 heavy (non-hydrogen) atoms. The van der Waals surface area contributed by atoms with E-state index in [1.54, 1.807) is 6.07 Å². The number of nitrogens with one attached hydrogen (secondary N) is 1. The van der Waals surface area contributed by atoms with E-state index in [9.17, 15) is 4.39 Å². The molecule has 0 saturated carbocycles. The summed E-state index contributed by atoms with van der Waals surface area (Å²) in [6, 6.07) is 5.27. The molecule has 0 aliphatic rings. The summed E-state index contributed by atoms with van der Waals surface area (Å²) < 4.78 is 19.2. The Labute approximate surface area is 109 Å². The van der Waals surface area contributed by atoms with Crippen molar-refractivity contribution in [1.29, 1.82) is 0 Å². The third kappa shape index (κ3) is 3.96. The average molecular weight is 254 g/mol. The predicted molar refractivity (Wildman–Crippen MR) is 72.5 cm³/mol. The van der Waals surface area contributed by atoms with E-state index in [1.807, 2.05) is 31.1 Å². The summed E-state index contributed by atoms with van der Waals surface area (Å²) in [5, 5.41) is 3.37. The maximum Gasteiger partial charge on any atom is 0.169 e. The zero-order valence-corrected chi connectivity index (χ0v) is 11.7. The van der Waals surface area contributed by atoms with Gasteiger partial charge in [0, 0.05) is 18.2 Å². The van der Waals surface area contributed by atoms with Crippen LogP contribution >= 0.6 is 0 Å². The molecule has 0 aromatic heterocycles. The van der Waals surface area contributed by atoms with Gasteiger partial charge in [-0.25, -0.2) is 4.39 Å². The van der Waals surface area contributed by atoms with Crippen LogP contribution in [-0.4, -0.2) is 39.2 Å². The molecule has 1 rings (SSSR count). The fourth-order valence-electron chi connectivity index (χ4n) is 1.91. The van der Waals surface area contributed by atoms with Gasteiger partial charge in [0.1, 0.15) is 0 Å². The maximum absolute atomic E-state index is 14.2. The summed E-state index contributed by atoms with van der Waals surface area (Å²) in [5.41, 5.74) is 0.663. The molecule has 3 nitrogen and oxygen atoms in total. The van der Waals surface area contributed by atoms with Crippen molar-refractivity contribution in [1.82, 2.24) is 10.2 Å². The first-order valence-electron chi connectivity index (χ1n) is 6.30. The second-order valence-electron chi connectivity index (χ2n) is 4.63. The molecule has 0 bridgehead atoms. The van der Waals surface area contributed by atoms with Crippen LogP contribution in [0.2, 0.25) is 0 Å². The minimum atomic E-state index is -0.268. The van der Waals surface area contributed by atoms with Crippen LogP contribution in [0.15, 0.2) is 18.2 Å². The van der Waals surface area contributed by atoms with E-state index in [1.165, 1.54) is 7.11 Å². The van der Waals surface area contributed by atoms with Crippen LogP contribution < -0.4 is 10.1 Å². The monoisotopic (exact) mass is 254 g/mol. The quantitative estimate of drug-likeness (QED) is 0.809. The van der Waals surface area contributed by atoms with Crippen molar-refractivity contribution >= 4 is 0 Å². The van der Waals surface area contributed by atoms with Crippen LogP contribution in [0.25, 0.3) is 0 Å². The largest absolute Gasteiger partial charge is 0.494 e. The van der Waals surface area contributed by atoms with Crippen LogP contribution in [0.3, 0.4) is 0 Å². The number of rotatable bonds is 7. The molecule has 0 aliphatic carbocycles. The molecule has 1 atom stereocenters. The minimum Gasteiger partial charge on any atom is -0.494 e. The molecule has 1 aromatic carbocycles. The van der Waals surface area contributed by atoms with Gasteiger partial charge in [0.05, 0.1) is 7.11 Å². The SMILES string of the molecule is CCCNC(CN(C)C)c1cccc(OC)c1F. The van der Waals surface area contributed by atoms with Gasteiger partial charge in [0.2, 0.25) is 0 Å². The first kappa shape index (κ1) is 14.9. The lowest BCUT2D eigenvalue weighted by molar-refractivity contribution is 0.330. The molecule has 0 aliphatic heterocycles. The summed E-state index contributed by atoms with van der Waals surface area (Å²) >= 11 is 0. The summed E-state index contributed by atoms with van der Waals surface area (Å²) in [4.78, 5) is 2.05. The Morgan fingerprint density at radius 3 is 2.67 bits per heavy atom. The average Bonchev–Trinajstić information content (AvgIpc) is 2.34. The van der Waals surface area contributed by atoms with Gasteiger partial charge in [-0.3, -0.25) is 0 Å². The zero-order chi connectivity index (χ0) is 13.5. The Bertz CT molecular complexity index is 369. The number of hydrogen-bond donors (Lipinski definition) is 1. The number of benzene rings is 1. The molecule has 1 aromatic rings. The number of likely N-dealkylation sites (N-methyl/N-ethyl adjacent to an activating group) is 1. The van der Waals surface area contributed by atoms with Gasteiger partial charge >= 0.3 is 0 Å². The highest BCUT2D eigenvalue weighted by molar-refractivity contribution is 5.33. The normalized spacial score (nSPS) is 12.8. The third-order valence-corrected chi connectivity index (χ3v) is 2.78. The molecule has 0 amide bonds. The Kier molecular flexibility index (Phi) is 6.09. The maximum atomic E-state index is 14.2. The van der Waals surface area contributed by atoms with E-state index < -0.39 is 0 Å². The molecule has 102 valence electrons. The number of ether oxygens (including phenoxy) is 1. The van der Waals surface area contributed by atoms with Crippen LogP contribution in [0.4, 0.5) is 4.39 Å². The number of hydrogen-bond acceptors (Lipinski definition) is 3. The molecule has 1 N–H and O–H groups in total. The standard InChI is InChI=1S/C14H23FN2O/c1-5-9-16-12(10-17(2)3)11-7-6-8-13(18-4)14(11)15/h6-8,12,16H,5,9-10H2,1-4H3. The van der Waals surface area contributed by atoms with Crippen molar-refractivity contribution in [2.45, 2.75) is 19.4 Å².